The highest BCUT2D eigenvalue weighted by Gasteiger charge is 2.30. The average Bonchev–Trinajstić information content (AvgIpc) is 3.11. The molecular weight excluding hydrogens is 304 g/mol. The normalized spacial score (nSPS) is 22.9. The van der Waals surface area contributed by atoms with E-state index in [0.717, 1.165) is 62.4 Å². The molecule has 0 aromatic carbocycles. The molecular formula is C18H24N4O2. The lowest BCUT2D eigenvalue weighted by Crippen LogP contribution is -2.43. The first-order valence-corrected chi connectivity index (χ1v) is 8.90. The van der Waals surface area contributed by atoms with Gasteiger partial charge in [0.25, 0.3) is 0 Å². The molecule has 0 aliphatic carbocycles. The molecule has 1 atom stereocenters. The van der Waals surface area contributed by atoms with Crippen LogP contribution in [-0.2, 0) is 9.53 Å². The van der Waals surface area contributed by atoms with E-state index in [1.807, 2.05) is 15.5 Å². The van der Waals surface area contributed by atoms with Crippen molar-refractivity contribution in [3.8, 4) is 0 Å². The second kappa shape index (κ2) is 6.51. The van der Waals surface area contributed by atoms with Crippen molar-refractivity contribution >= 4 is 11.6 Å². The van der Waals surface area contributed by atoms with Crippen LogP contribution in [-0.4, -0.2) is 51.7 Å². The summed E-state index contributed by atoms with van der Waals surface area (Å²) in [6.45, 7) is 5.11. The molecule has 2 aliphatic rings. The number of nitrogens with zero attached hydrogens (tertiary/aromatic N) is 4. The lowest BCUT2D eigenvalue weighted by atomic mass is 9.91. The van der Waals surface area contributed by atoms with Gasteiger partial charge in [-0.25, -0.2) is 9.50 Å². The Bertz CT molecular complexity index is 728. The number of aryl methyl sites for hydroxylation is 1. The molecule has 4 rings (SSSR count). The number of carbonyl (C=O) groups is 1. The number of piperidine rings is 1. The summed E-state index contributed by atoms with van der Waals surface area (Å²) in [5.41, 5.74) is 3.15. The summed E-state index contributed by atoms with van der Waals surface area (Å²) in [6, 6.07) is 4.08. The molecule has 6 heteroatoms. The Balaban J connectivity index is 1.42. The van der Waals surface area contributed by atoms with E-state index in [0.29, 0.717) is 12.5 Å². The summed E-state index contributed by atoms with van der Waals surface area (Å²) in [6.07, 6.45) is 5.72. The Morgan fingerprint density at radius 1 is 1.29 bits per heavy atom. The van der Waals surface area contributed by atoms with Gasteiger partial charge in [0.1, 0.15) is 0 Å². The fraction of sp³-hybridized carbons (Fsp3) is 0.611. The number of ether oxygens (including phenoxy) is 1. The van der Waals surface area contributed by atoms with Crippen molar-refractivity contribution in [1.82, 2.24) is 19.5 Å². The molecule has 2 aromatic rings. The molecule has 24 heavy (non-hydrogen) atoms. The molecule has 128 valence electrons. The van der Waals surface area contributed by atoms with Crippen LogP contribution in [0.25, 0.3) is 5.65 Å². The van der Waals surface area contributed by atoms with E-state index < -0.39 is 0 Å². The van der Waals surface area contributed by atoms with Gasteiger partial charge in [-0.2, -0.15) is 5.10 Å². The monoisotopic (exact) mass is 328 g/mol. The maximum Gasteiger partial charge on any atom is 0.228 e. The summed E-state index contributed by atoms with van der Waals surface area (Å²) >= 11 is 0. The lowest BCUT2D eigenvalue weighted by Gasteiger charge is -2.35. The van der Waals surface area contributed by atoms with Crippen LogP contribution < -0.4 is 0 Å². The van der Waals surface area contributed by atoms with Gasteiger partial charge in [-0.15, -0.1) is 0 Å². The maximum atomic E-state index is 12.6. The Morgan fingerprint density at radius 3 is 2.88 bits per heavy atom. The number of rotatable bonds is 2. The third-order valence-electron chi connectivity index (χ3n) is 5.29. The molecule has 2 aliphatic heterocycles. The Labute approximate surface area is 141 Å². The van der Waals surface area contributed by atoms with Crippen LogP contribution in [0.2, 0.25) is 0 Å². The number of hydrogen-bond acceptors (Lipinski definition) is 4. The van der Waals surface area contributed by atoms with Crippen LogP contribution in [0.4, 0.5) is 0 Å². The first kappa shape index (κ1) is 15.6. The molecule has 0 N–H and O–H groups in total. The standard InChI is InChI=1S/C18H24N4O2/c1-13-11-16(20-17-4-7-19-22(13)17)14-5-8-21(9-6-14)18(23)15-3-2-10-24-12-15/h4,7,11,14-15H,2-3,5-6,8-10,12H2,1H3/t15-/m0/s1. The molecule has 2 saturated heterocycles. The van der Waals surface area contributed by atoms with Crippen LogP contribution in [0, 0.1) is 12.8 Å². The summed E-state index contributed by atoms with van der Waals surface area (Å²) in [5, 5.41) is 4.28. The van der Waals surface area contributed by atoms with Crippen molar-refractivity contribution < 1.29 is 9.53 Å². The minimum Gasteiger partial charge on any atom is -0.381 e. The summed E-state index contributed by atoms with van der Waals surface area (Å²) in [7, 11) is 0. The van der Waals surface area contributed by atoms with Crippen molar-refractivity contribution in [2.24, 2.45) is 5.92 Å². The van der Waals surface area contributed by atoms with E-state index in [9.17, 15) is 4.79 Å². The molecule has 2 fully saturated rings. The van der Waals surface area contributed by atoms with Gasteiger partial charge in [0.2, 0.25) is 5.91 Å². The number of aromatic nitrogens is 3. The predicted octanol–water partition coefficient (Wildman–Crippen LogP) is 2.17. The topological polar surface area (TPSA) is 59.7 Å². The summed E-state index contributed by atoms with van der Waals surface area (Å²) in [5.74, 6) is 0.776. The lowest BCUT2D eigenvalue weighted by molar-refractivity contribution is -0.140. The third kappa shape index (κ3) is 2.90. The van der Waals surface area contributed by atoms with Gasteiger partial charge in [-0.1, -0.05) is 0 Å². The first-order valence-electron chi connectivity index (χ1n) is 8.90. The number of likely N-dealkylation sites (tertiary alicyclic amines) is 1. The second-order valence-corrected chi connectivity index (χ2v) is 6.94. The molecule has 0 spiro atoms. The molecule has 6 nitrogen and oxygen atoms in total. The zero-order chi connectivity index (χ0) is 16.5. The Morgan fingerprint density at radius 2 is 2.12 bits per heavy atom. The summed E-state index contributed by atoms with van der Waals surface area (Å²) < 4.78 is 7.33. The van der Waals surface area contributed by atoms with Crippen LogP contribution in [0.1, 0.15) is 43.0 Å². The van der Waals surface area contributed by atoms with Crippen molar-refractivity contribution in [1.29, 1.82) is 0 Å². The van der Waals surface area contributed by atoms with Crippen LogP contribution in [0.15, 0.2) is 18.3 Å². The molecule has 0 saturated carbocycles. The quantitative estimate of drug-likeness (QED) is 0.848. The molecule has 4 heterocycles. The van der Waals surface area contributed by atoms with Crippen molar-refractivity contribution in [3.63, 3.8) is 0 Å². The van der Waals surface area contributed by atoms with E-state index in [1.54, 1.807) is 6.20 Å². The maximum absolute atomic E-state index is 12.6. The molecule has 2 aromatic heterocycles. The number of hydrogen-bond donors (Lipinski definition) is 0. The Kier molecular flexibility index (Phi) is 4.22. The van der Waals surface area contributed by atoms with Gasteiger partial charge < -0.3 is 9.64 Å². The highest BCUT2D eigenvalue weighted by atomic mass is 16.5. The van der Waals surface area contributed by atoms with Gasteiger partial charge >= 0.3 is 0 Å². The van der Waals surface area contributed by atoms with Gasteiger partial charge in [0.05, 0.1) is 18.7 Å². The largest absolute Gasteiger partial charge is 0.381 e. The average molecular weight is 328 g/mol. The highest BCUT2D eigenvalue weighted by molar-refractivity contribution is 5.79. The number of carbonyl (C=O) groups excluding carboxylic acids is 1. The highest BCUT2D eigenvalue weighted by Crippen LogP contribution is 2.29. The second-order valence-electron chi connectivity index (χ2n) is 6.94. The first-order chi connectivity index (χ1) is 11.7. The van der Waals surface area contributed by atoms with Crippen LogP contribution >= 0.6 is 0 Å². The van der Waals surface area contributed by atoms with E-state index in [1.165, 1.54) is 0 Å². The SMILES string of the molecule is Cc1cc(C2CCN(C(=O)[C@H]3CCCOC3)CC2)nc2ccnn12. The zero-order valence-corrected chi connectivity index (χ0v) is 14.1. The predicted molar refractivity (Wildman–Crippen MR) is 89.8 cm³/mol. The fourth-order valence-corrected chi connectivity index (χ4v) is 3.89. The van der Waals surface area contributed by atoms with Crippen molar-refractivity contribution in [2.75, 3.05) is 26.3 Å². The Hall–Kier alpha value is -1.95. The minimum absolute atomic E-state index is 0.0683. The third-order valence-corrected chi connectivity index (χ3v) is 5.29. The number of fused-ring (bicyclic) bond motifs is 1. The van der Waals surface area contributed by atoms with Crippen molar-refractivity contribution in [3.05, 3.63) is 29.7 Å². The van der Waals surface area contributed by atoms with Gasteiger partial charge in [-0.3, -0.25) is 4.79 Å². The molecule has 0 radical (unpaired) electrons. The zero-order valence-electron chi connectivity index (χ0n) is 14.1. The van der Waals surface area contributed by atoms with E-state index in [4.69, 9.17) is 9.72 Å². The van der Waals surface area contributed by atoms with Gasteiger partial charge in [-0.05, 0) is 38.7 Å². The van der Waals surface area contributed by atoms with Crippen molar-refractivity contribution in [2.45, 2.75) is 38.5 Å². The summed E-state index contributed by atoms with van der Waals surface area (Å²) in [4.78, 5) is 19.4. The van der Waals surface area contributed by atoms with E-state index >= 15 is 0 Å². The molecule has 0 bridgehead atoms. The van der Waals surface area contributed by atoms with E-state index in [-0.39, 0.29) is 11.8 Å². The van der Waals surface area contributed by atoms with E-state index in [2.05, 4.69) is 18.1 Å². The smallest absolute Gasteiger partial charge is 0.228 e. The minimum atomic E-state index is 0.0683. The van der Waals surface area contributed by atoms with Gasteiger partial charge in [0, 0.05) is 43.1 Å². The molecule has 0 unspecified atom stereocenters. The number of amides is 1. The van der Waals surface area contributed by atoms with Crippen LogP contribution in [0.3, 0.4) is 0 Å². The fourth-order valence-electron chi connectivity index (χ4n) is 3.89. The molecule has 1 amide bonds. The van der Waals surface area contributed by atoms with Gasteiger partial charge in [0.15, 0.2) is 5.65 Å². The van der Waals surface area contributed by atoms with Crippen LogP contribution in [0.5, 0.6) is 0 Å².